The summed E-state index contributed by atoms with van der Waals surface area (Å²) in [6, 6.07) is 6.32. The van der Waals surface area contributed by atoms with E-state index in [9.17, 15) is 0 Å². The maximum atomic E-state index is 5.90. The van der Waals surface area contributed by atoms with E-state index in [0.29, 0.717) is 5.15 Å². The van der Waals surface area contributed by atoms with Gasteiger partial charge in [0.1, 0.15) is 0 Å². The predicted octanol–water partition coefficient (Wildman–Crippen LogP) is 3.51. The molecule has 0 aliphatic rings. The molecule has 0 fully saturated rings. The molecule has 1 nitrogen and oxygen atoms in total. The molecule has 62 valence electrons. The number of fused-ring (bicyclic) bond motifs is 1. The standard InChI is InChI=1S/C9H8ClNS/c1-2-6-3-4-8-7(5-6)9(10)11-12-8/h3-5H,2H2,1H3. The smallest absolute Gasteiger partial charge is 0.150 e. The first-order valence-corrected chi connectivity index (χ1v) is 5.00. The van der Waals surface area contributed by atoms with E-state index >= 15 is 0 Å². The molecule has 0 aliphatic carbocycles. The van der Waals surface area contributed by atoms with E-state index in [-0.39, 0.29) is 0 Å². The lowest BCUT2D eigenvalue weighted by Gasteiger charge is -1.94. The van der Waals surface area contributed by atoms with Crippen molar-refractivity contribution in [2.75, 3.05) is 0 Å². The molecular formula is C9H8ClNS. The van der Waals surface area contributed by atoms with Gasteiger partial charge in [0.15, 0.2) is 5.15 Å². The van der Waals surface area contributed by atoms with Crippen molar-refractivity contribution in [3.05, 3.63) is 28.9 Å². The Morgan fingerprint density at radius 1 is 1.50 bits per heavy atom. The molecule has 2 aromatic rings. The summed E-state index contributed by atoms with van der Waals surface area (Å²) < 4.78 is 5.24. The Kier molecular flexibility index (Phi) is 2.03. The normalized spacial score (nSPS) is 10.8. The lowest BCUT2D eigenvalue weighted by atomic mass is 10.1. The number of aryl methyl sites for hydroxylation is 1. The van der Waals surface area contributed by atoms with Crippen molar-refractivity contribution in [2.24, 2.45) is 0 Å². The second-order valence-corrected chi connectivity index (χ2v) is 3.82. The van der Waals surface area contributed by atoms with Gasteiger partial charge in [-0.2, -0.15) is 4.37 Å². The highest BCUT2D eigenvalue weighted by atomic mass is 35.5. The van der Waals surface area contributed by atoms with Crippen LogP contribution in [0, 0.1) is 0 Å². The first-order chi connectivity index (χ1) is 5.81. The molecule has 12 heavy (non-hydrogen) atoms. The first kappa shape index (κ1) is 8.02. The van der Waals surface area contributed by atoms with Gasteiger partial charge in [0, 0.05) is 5.39 Å². The van der Waals surface area contributed by atoms with Gasteiger partial charge in [-0.05, 0) is 35.6 Å². The van der Waals surface area contributed by atoms with Crippen LogP contribution in [0.4, 0.5) is 0 Å². The van der Waals surface area contributed by atoms with Crippen LogP contribution in [-0.4, -0.2) is 4.37 Å². The van der Waals surface area contributed by atoms with Crippen molar-refractivity contribution in [3.8, 4) is 0 Å². The van der Waals surface area contributed by atoms with Crippen molar-refractivity contribution in [2.45, 2.75) is 13.3 Å². The van der Waals surface area contributed by atoms with Gasteiger partial charge in [-0.1, -0.05) is 24.6 Å². The van der Waals surface area contributed by atoms with Gasteiger partial charge in [0.25, 0.3) is 0 Å². The van der Waals surface area contributed by atoms with Crippen molar-refractivity contribution < 1.29 is 0 Å². The molecule has 0 bridgehead atoms. The van der Waals surface area contributed by atoms with E-state index in [1.807, 2.05) is 0 Å². The third-order valence-corrected chi connectivity index (χ3v) is 3.11. The summed E-state index contributed by atoms with van der Waals surface area (Å²) in [6.45, 7) is 2.13. The zero-order valence-electron chi connectivity index (χ0n) is 6.67. The van der Waals surface area contributed by atoms with E-state index in [2.05, 4.69) is 29.5 Å². The molecule has 1 aromatic carbocycles. The minimum Gasteiger partial charge on any atom is -0.180 e. The molecule has 0 atom stereocenters. The van der Waals surface area contributed by atoms with Gasteiger partial charge < -0.3 is 0 Å². The third kappa shape index (κ3) is 1.21. The second-order valence-electron chi connectivity index (χ2n) is 2.66. The quantitative estimate of drug-likeness (QED) is 0.682. The van der Waals surface area contributed by atoms with E-state index in [1.54, 1.807) is 0 Å². The fraction of sp³-hybridized carbons (Fsp3) is 0.222. The molecule has 0 spiro atoms. The topological polar surface area (TPSA) is 12.9 Å². The van der Waals surface area contributed by atoms with Gasteiger partial charge in [-0.3, -0.25) is 0 Å². The van der Waals surface area contributed by atoms with Gasteiger partial charge in [-0.25, -0.2) is 0 Å². The van der Waals surface area contributed by atoms with E-state index < -0.39 is 0 Å². The van der Waals surface area contributed by atoms with Crippen LogP contribution >= 0.6 is 23.1 Å². The van der Waals surface area contributed by atoms with Crippen LogP contribution in [0.25, 0.3) is 10.1 Å². The van der Waals surface area contributed by atoms with Gasteiger partial charge in [0.05, 0.1) is 4.70 Å². The number of rotatable bonds is 1. The van der Waals surface area contributed by atoms with Crippen LogP contribution in [-0.2, 0) is 6.42 Å². The van der Waals surface area contributed by atoms with Crippen molar-refractivity contribution in [3.63, 3.8) is 0 Å². The van der Waals surface area contributed by atoms with E-state index in [4.69, 9.17) is 11.6 Å². The second kappa shape index (κ2) is 3.04. The molecule has 1 heterocycles. The molecular weight excluding hydrogens is 190 g/mol. The third-order valence-electron chi connectivity index (χ3n) is 1.90. The Balaban J connectivity index is 2.71. The molecule has 0 amide bonds. The Bertz CT molecular complexity index is 408. The molecule has 0 unspecified atom stereocenters. The number of benzene rings is 1. The number of hydrogen-bond donors (Lipinski definition) is 0. The summed E-state index contributed by atoms with van der Waals surface area (Å²) in [6.07, 6.45) is 1.04. The summed E-state index contributed by atoms with van der Waals surface area (Å²) in [5.41, 5.74) is 1.31. The lowest BCUT2D eigenvalue weighted by Crippen LogP contribution is -1.77. The highest BCUT2D eigenvalue weighted by Gasteiger charge is 2.02. The van der Waals surface area contributed by atoms with E-state index in [1.165, 1.54) is 17.1 Å². The molecule has 3 heteroatoms. The lowest BCUT2D eigenvalue weighted by molar-refractivity contribution is 1.15. The molecule has 1 aromatic heterocycles. The number of hydrogen-bond acceptors (Lipinski definition) is 2. The van der Waals surface area contributed by atoms with Gasteiger partial charge >= 0.3 is 0 Å². The molecule has 0 radical (unpaired) electrons. The Labute approximate surface area is 80.1 Å². The monoisotopic (exact) mass is 197 g/mol. The van der Waals surface area contributed by atoms with Gasteiger partial charge in [-0.15, -0.1) is 0 Å². The first-order valence-electron chi connectivity index (χ1n) is 3.85. The van der Waals surface area contributed by atoms with Crippen molar-refractivity contribution in [1.29, 1.82) is 0 Å². The fourth-order valence-corrected chi connectivity index (χ4v) is 2.15. The maximum absolute atomic E-state index is 5.90. The number of aromatic nitrogens is 1. The summed E-state index contributed by atoms with van der Waals surface area (Å²) in [4.78, 5) is 0. The Hall–Kier alpha value is -0.600. The largest absolute Gasteiger partial charge is 0.180 e. The predicted molar refractivity (Wildman–Crippen MR) is 54.0 cm³/mol. The van der Waals surface area contributed by atoms with Crippen LogP contribution in [0.3, 0.4) is 0 Å². The highest BCUT2D eigenvalue weighted by Crippen LogP contribution is 2.27. The summed E-state index contributed by atoms with van der Waals surface area (Å²) >= 11 is 7.35. The zero-order valence-corrected chi connectivity index (χ0v) is 8.25. The van der Waals surface area contributed by atoms with Crippen LogP contribution in [0.1, 0.15) is 12.5 Å². The van der Waals surface area contributed by atoms with Crippen LogP contribution in [0.5, 0.6) is 0 Å². The zero-order chi connectivity index (χ0) is 8.55. The molecule has 0 aliphatic heterocycles. The van der Waals surface area contributed by atoms with Crippen LogP contribution in [0.15, 0.2) is 18.2 Å². The molecule has 2 rings (SSSR count). The fourth-order valence-electron chi connectivity index (χ4n) is 1.18. The minimum absolute atomic E-state index is 0.630. The Morgan fingerprint density at radius 3 is 3.08 bits per heavy atom. The molecule has 0 saturated heterocycles. The summed E-state index contributed by atoms with van der Waals surface area (Å²) in [5, 5.41) is 1.71. The Morgan fingerprint density at radius 2 is 2.33 bits per heavy atom. The van der Waals surface area contributed by atoms with Crippen LogP contribution in [0.2, 0.25) is 5.15 Å². The van der Waals surface area contributed by atoms with Crippen LogP contribution < -0.4 is 0 Å². The van der Waals surface area contributed by atoms with Gasteiger partial charge in [0.2, 0.25) is 0 Å². The number of halogens is 1. The SMILES string of the molecule is CCc1ccc2snc(Cl)c2c1. The van der Waals surface area contributed by atoms with Crippen molar-refractivity contribution >= 4 is 33.2 Å². The highest BCUT2D eigenvalue weighted by molar-refractivity contribution is 7.13. The van der Waals surface area contributed by atoms with E-state index in [0.717, 1.165) is 16.5 Å². The molecule has 0 saturated carbocycles. The summed E-state index contributed by atoms with van der Waals surface area (Å²) in [7, 11) is 0. The number of nitrogens with zero attached hydrogens (tertiary/aromatic N) is 1. The minimum atomic E-state index is 0.630. The average Bonchev–Trinajstić information content (AvgIpc) is 2.47. The molecule has 0 N–H and O–H groups in total. The summed E-state index contributed by atoms with van der Waals surface area (Å²) in [5.74, 6) is 0. The average molecular weight is 198 g/mol. The maximum Gasteiger partial charge on any atom is 0.150 e. The van der Waals surface area contributed by atoms with Crippen molar-refractivity contribution in [1.82, 2.24) is 4.37 Å².